The highest BCUT2D eigenvalue weighted by atomic mass is 16.1. The van der Waals surface area contributed by atoms with Gasteiger partial charge in [-0.2, -0.15) is 0 Å². The molecule has 0 aliphatic rings. The molecule has 0 aromatic rings. The number of unbranched alkanes of at least 4 members (excludes halogenated alkanes) is 1. The van der Waals surface area contributed by atoms with E-state index in [0.717, 1.165) is 12.8 Å². The summed E-state index contributed by atoms with van der Waals surface area (Å²) < 4.78 is 0. The van der Waals surface area contributed by atoms with Crippen LogP contribution in [-0.2, 0) is 4.79 Å². The van der Waals surface area contributed by atoms with Crippen LogP contribution >= 0.6 is 0 Å². The molecule has 1 heteroatoms. The van der Waals surface area contributed by atoms with E-state index < -0.39 is 0 Å². The first-order chi connectivity index (χ1) is 4.85. The van der Waals surface area contributed by atoms with Crippen molar-refractivity contribution >= 4 is 6.29 Å². The number of rotatable bonds is 5. The average molecular weight is 139 g/mol. The van der Waals surface area contributed by atoms with Crippen molar-refractivity contribution < 1.29 is 4.79 Å². The minimum Gasteiger partial charge on any atom is -0.286 e. The van der Waals surface area contributed by atoms with E-state index in [2.05, 4.69) is 13.8 Å². The molecule has 0 aliphatic heterocycles. The van der Waals surface area contributed by atoms with Gasteiger partial charge in [0.15, 0.2) is 0 Å². The van der Waals surface area contributed by atoms with Crippen LogP contribution < -0.4 is 0 Å². The van der Waals surface area contributed by atoms with Gasteiger partial charge in [0.2, 0.25) is 6.29 Å². The quantitative estimate of drug-likeness (QED) is 0.535. The van der Waals surface area contributed by atoms with E-state index >= 15 is 0 Å². The SMILES string of the molecule is CCCC/C(=C/[C]=O)CC. The van der Waals surface area contributed by atoms with E-state index in [1.807, 2.05) is 6.29 Å². The van der Waals surface area contributed by atoms with Crippen LogP contribution in [0.25, 0.3) is 0 Å². The predicted molar refractivity (Wildman–Crippen MR) is 43.6 cm³/mol. The topological polar surface area (TPSA) is 17.1 Å². The summed E-state index contributed by atoms with van der Waals surface area (Å²) in [4.78, 5) is 9.94. The second kappa shape index (κ2) is 6.53. The third-order valence-corrected chi connectivity index (χ3v) is 1.57. The molecule has 10 heavy (non-hydrogen) atoms. The van der Waals surface area contributed by atoms with Gasteiger partial charge in [-0.25, -0.2) is 0 Å². The van der Waals surface area contributed by atoms with E-state index in [4.69, 9.17) is 0 Å². The van der Waals surface area contributed by atoms with E-state index in [9.17, 15) is 4.79 Å². The lowest BCUT2D eigenvalue weighted by Crippen LogP contribution is -1.81. The fourth-order valence-corrected chi connectivity index (χ4v) is 0.838. The second-order valence-electron chi connectivity index (χ2n) is 2.38. The Hall–Kier alpha value is -0.590. The van der Waals surface area contributed by atoms with Crippen LogP contribution in [0.15, 0.2) is 11.6 Å². The van der Waals surface area contributed by atoms with E-state index in [-0.39, 0.29) is 0 Å². The van der Waals surface area contributed by atoms with Crippen molar-refractivity contribution in [2.45, 2.75) is 39.5 Å². The Labute approximate surface area is 63.1 Å². The van der Waals surface area contributed by atoms with Gasteiger partial charge in [-0.3, -0.25) is 4.79 Å². The van der Waals surface area contributed by atoms with Gasteiger partial charge in [0.25, 0.3) is 0 Å². The molecule has 1 radical (unpaired) electrons. The molecule has 0 spiro atoms. The first kappa shape index (κ1) is 9.41. The van der Waals surface area contributed by atoms with Crippen LogP contribution in [-0.4, -0.2) is 6.29 Å². The minimum absolute atomic E-state index is 0.981. The molecule has 0 unspecified atom stereocenters. The molecule has 0 bridgehead atoms. The van der Waals surface area contributed by atoms with Gasteiger partial charge in [0, 0.05) is 0 Å². The Balaban J connectivity index is 3.59. The summed E-state index contributed by atoms with van der Waals surface area (Å²) in [6, 6.07) is 0. The summed E-state index contributed by atoms with van der Waals surface area (Å²) in [5, 5.41) is 0. The van der Waals surface area contributed by atoms with Crippen molar-refractivity contribution in [3.8, 4) is 0 Å². The molecule has 0 saturated heterocycles. The van der Waals surface area contributed by atoms with E-state index in [1.54, 1.807) is 6.08 Å². The largest absolute Gasteiger partial charge is 0.286 e. The van der Waals surface area contributed by atoms with E-state index in [0.29, 0.717) is 0 Å². The van der Waals surface area contributed by atoms with Crippen molar-refractivity contribution in [2.75, 3.05) is 0 Å². The summed E-state index contributed by atoms with van der Waals surface area (Å²) in [5.41, 5.74) is 1.22. The maximum atomic E-state index is 9.94. The van der Waals surface area contributed by atoms with Gasteiger partial charge in [-0.15, -0.1) is 0 Å². The molecule has 0 fully saturated rings. The summed E-state index contributed by atoms with van der Waals surface area (Å²) in [6.45, 7) is 4.22. The van der Waals surface area contributed by atoms with Gasteiger partial charge in [-0.05, 0) is 25.3 Å². The molecule has 0 aliphatic carbocycles. The van der Waals surface area contributed by atoms with Gasteiger partial charge < -0.3 is 0 Å². The zero-order chi connectivity index (χ0) is 7.82. The maximum Gasteiger partial charge on any atom is 0.225 e. The molecule has 0 aromatic carbocycles. The number of carbonyl (C=O) groups excluding carboxylic acids is 1. The number of hydrogen-bond acceptors (Lipinski definition) is 1. The van der Waals surface area contributed by atoms with Gasteiger partial charge >= 0.3 is 0 Å². The molecular weight excluding hydrogens is 124 g/mol. The predicted octanol–water partition coefficient (Wildman–Crippen LogP) is 2.62. The molecule has 0 amide bonds. The lowest BCUT2D eigenvalue weighted by molar-refractivity contribution is 0.563. The van der Waals surface area contributed by atoms with Crippen LogP contribution in [0.2, 0.25) is 0 Å². The smallest absolute Gasteiger partial charge is 0.225 e. The fraction of sp³-hybridized carbons (Fsp3) is 0.667. The first-order valence-electron chi connectivity index (χ1n) is 3.90. The van der Waals surface area contributed by atoms with Crippen LogP contribution in [0.5, 0.6) is 0 Å². The zero-order valence-electron chi connectivity index (χ0n) is 6.81. The van der Waals surface area contributed by atoms with Crippen LogP contribution in [0.3, 0.4) is 0 Å². The summed E-state index contributed by atoms with van der Waals surface area (Å²) in [6.07, 6.45) is 7.79. The van der Waals surface area contributed by atoms with Gasteiger partial charge in [-0.1, -0.05) is 25.8 Å². The fourth-order valence-electron chi connectivity index (χ4n) is 0.838. The minimum atomic E-state index is 0.981. The van der Waals surface area contributed by atoms with Gasteiger partial charge in [0.05, 0.1) is 0 Å². The normalized spacial score (nSPS) is 11.6. The first-order valence-corrected chi connectivity index (χ1v) is 3.90. The lowest BCUT2D eigenvalue weighted by atomic mass is 10.1. The highest BCUT2D eigenvalue weighted by Gasteiger charge is 1.91. The monoisotopic (exact) mass is 139 g/mol. The standard InChI is InChI=1S/C9H15O/c1-3-5-6-9(4-2)7-8-10/h7H,3-6H2,1-2H3/b9-7+. The number of hydrogen-bond donors (Lipinski definition) is 0. The van der Waals surface area contributed by atoms with Crippen molar-refractivity contribution in [3.05, 3.63) is 11.6 Å². The Morgan fingerprint density at radius 3 is 2.60 bits per heavy atom. The molecule has 0 atom stereocenters. The Morgan fingerprint density at radius 1 is 1.50 bits per heavy atom. The molecule has 0 saturated carbocycles. The highest BCUT2D eigenvalue weighted by Crippen LogP contribution is 2.09. The highest BCUT2D eigenvalue weighted by molar-refractivity contribution is 5.66. The Morgan fingerprint density at radius 2 is 2.20 bits per heavy atom. The van der Waals surface area contributed by atoms with Crippen molar-refractivity contribution in [1.29, 1.82) is 0 Å². The molecule has 57 valence electrons. The third kappa shape index (κ3) is 4.30. The van der Waals surface area contributed by atoms with Crippen LogP contribution in [0.4, 0.5) is 0 Å². The van der Waals surface area contributed by atoms with Crippen molar-refractivity contribution in [1.82, 2.24) is 0 Å². The summed E-state index contributed by atoms with van der Waals surface area (Å²) in [5.74, 6) is 0. The second-order valence-corrected chi connectivity index (χ2v) is 2.38. The molecule has 0 aromatic heterocycles. The molecule has 0 rings (SSSR count). The third-order valence-electron chi connectivity index (χ3n) is 1.57. The van der Waals surface area contributed by atoms with E-state index in [1.165, 1.54) is 18.4 Å². The Kier molecular flexibility index (Phi) is 6.14. The van der Waals surface area contributed by atoms with Crippen molar-refractivity contribution in [2.24, 2.45) is 0 Å². The van der Waals surface area contributed by atoms with Crippen molar-refractivity contribution in [3.63, 3.8) is 0 Å². The van der Waals surface area contributed by atoms with Crippen LogP contribution in [0.1, 0.15) is 39.5 Å². The maximum absolute atomic E-state index is 9.94. The molecule has 1 nitrogen and oxygen atoms in total. The summed E-state index contributed by atoms with van der Waals surface area (Å²) in [7, 11) is 0. The summed E-state index contributed by atoms with van der Waals surface area (Å²) >= 11 is 0. The molecule has 0 heterocycles. The van der Waals surface area contributed by atoms with Crippen LogP contribution in [0, 0.1) is 0 Å². The zero-order valence-corrected chi connectivity index (χ0v) is 6.81. The lowest BCUT2D eigenvalue weighted by Gasteiger charge is -1.99. The molecular formula is C9H15O. The molecule has 0 N–H and O–H groups in total. The number of allylic oxidation sites excluding steroid dienone is 2. The van der Waals surface area contributed by atoms with Gasteiger partial charge in [0.1, 0.15) is 0 Å². The Bertz CT molecular complexity index is 114. The average Bonchev–Trinajstić information content (AvgIpc) is 1.98.